The first kappa shape index (κ1) is 29.6. The number of hydrogen-bond acceptors (Lipinski definition) is 7. The Labute approximate surface area is 238 Å². The molecule has 1 amide bonds. The first-order valence-corrected chi connectivity index (χ1v) is 14.8. The minimum absolute atomic E-state index is 0.0457. The number of thioether (sulfide) groups is 1. The van der Waals surface area contributed by atoms with Gasteiger partial charge in [0.25, 0.3) is 16.0 Å². The number of benzene rings is 4. The maximum Gasteiger partial charge on any atom is 0.295 e. The number of carbonyl (C=O) groups excluding carboxylic acids is 1. The molecule has 2 unspecified atom stereocenters. The van der Waals surface area contributed by atoms with Crippen LogP contribution in [0.5, 0.6) is 5.75 Å². The molecule has 0 aromatic heterocycles. The van der Waals surface area contributed by atoms with Crippen LogP contribution < -0.4 is 10.1 Å². The lowest BCUT2D eigenvalue weighted by molar-refractivity contribution is -0.145. The Morgan fingerprint density at radius 1 is 0.925 bits per heavy atom. The molecule has 1 aliphatic heterocycles. The van der Waals surface area contributed by atoms with Crippen molar-refractivity contribution < 1.29 is 27.6 Å². The van der Waals surface area contributed by atoms with E-state index >= 15 is 0 Å². The van der Waals surface area contributed by atoms with Crippen LogP contribution >= 0.6 is 11.8 Å². The van der Waals surface area contributed by atoms with Crippen molar-refractivity contribution in [1.82, 2.24) is 4.90 Å². The summed E-state index contributed by atoms with van der Waals surface area (Å²) in [6.07, 6.45) is 0.268. The molecule has 2 atom stereocenters. The summed E-state index contributed by atoms with van der Waals surface area (Å²) in [4.78, 5) is 14.9. The monoisotopic (exact) mass is 580 g/mol. The number of rotatable bonds is 5. The number of para-hydroxylation sites is 1. The molecule has 4 aromatic carbocycles. The molecule has 8 nitrogen and oxygen atoms in total. The number of amides is 1. The summed E-state index contributed by atoms with van der Waals surface area (Å²) in [5.41, 5.74) is -0.0782. The molecule has 1 heterocycles. The van der Waals surface area contributed by atoms with E-state index in [1.807, 2.05) is 80.5 Å². The van der Waals surface area contributed by atoms with Gasteiger partial charge in [0.1, 0.15) is 15.5 Å². The predicted molar refractivity (Wildman–Crippen MR) is 158 cm³/mol. The highest BCUT2D eigenvalue weighted by Gasteiger charge is 2.59. The number of likely N-dealkylation sites (N-methyl/N-ethyl adjacent to an activating group) is 1. The first-order valence-electron chi connectivity index (χ1n) is 12.6. The molecule has 0 saturated heterocycles. The van der Waals surface area contributed by atoms with Crippen LogP contribution in [0.15, 0.2) is 101 Å². The number of ether oxygens (including phenoxy) is 1. The zero-order chi connectivity index (χ0) is 29.1. The number of carbonyl (C=O) groups is 1. The Morgan fingerprint density at radius 2 is 1.55 bits per heavy atom. The molecule has 0 saturated carbocycles. The zero-order valence-electron chi connectivity index (χ0n) is 22.7. The lowest BCUT2D eigenvalue weighted by Gasteiger charge is -2.48. The maximum atomic E-state index is 13.1. The van der Waals surface area contributed by atoms with Gasteiger partial charge in [0.15, 0.2) is 5.60 Å². The minimum Gasteiger partial charge on any atom is -0.497 e. The van der Waals surface area contributed by atoms with Crippen LogP contribution in [0.2, 0.25) is 0 Å². The SMILES string of the molecule is CCC1(O)C(=O)Nc2ccccc2SC1(c1ccc(OC)cc1)N(C)C.O=S(=O)(O)c1cccc2ccccc12. The van der Waals surface area contributed by atoms with E-state index in [9.17, 15) is 18.3 Å². The van der Waals surface area contributed by atoms with Crippen molar-refractivity contribution in [2.24, 2.45) is 0 Å². The van der Waals surface area contributed by atoms with Crippen molar-refractivity contribution in [3.63, 3.8) is 0 Å². The highest BCUT2D eigenvalue weighted by Crippen LogP contribution is 2.55. The van der Waals surface area contributed by atoms with E-state index in [1.54, 1.807) is 37.4 Å². The quantitative estimate of drug-likeness (QED) is 0.270. The zero-order valence-corrected chi connectivity index (χ0v) is 24.3. The summed E-state index contributed by atoms with van der Waals surface area (Å²) < 4.78 is 36.2. The molecule has 0 fully saturated rings. The van der Waals surface area contributed by atoms with Gasteiger partial charge in [0, 0.05) is 10.3 Å². The largest absolute Gasteiger partial charge is 0.497 e. The predicted octanol–water partition coefficient (Wildman–Crippen LogP) is 5.38. The second kappa shape index (κ2) is 11.6. The normalized spacial score (nSPS) is 20.6. The van der Waals surface area contributed by atoms with Crippen LogP contribution in [-0.4, -0.2) is 55.7 Å². The van der Waals surface area contributed by atoms with Gasteiger partial charge >= 0.3 is 0 Å². The van der Waals surface area contributed by atoms with Crippen LogP contribution in [0.3, 0.4) is 0 Å². The van der Waals surface area contributed by atoms with Crippen LogP contribution in [-0.2, 0) is 19.8 Å². The molecule has 40 heavy (non-hydrogen) atoms. The van der Waals surface area contributed by atoms with E-state index in [2.05, 4.69) is 5.32 Å². The summed E-state index contributed by atoms with van der Waals surface area (Å²) in [5, 5.41) is 15.9. The van der Waals surface area contributed by atoms with E-state index < -0.39 is 26.5 Å². The Balaban J connectivity index is 0.000000222. The molecule has 4 aromatic rings. The Kier molecular flexibility index (Phi) is 8.57. The average Bonchev–Trinajstić information content (AvgIpc) is 3.05. The van der Waals surface area contributed by atoms with Crippen molar-refractivity contribution >= 4 is 44.2 Å². The summed E-state index contributed by atoms with van der Waals surface area (Å²) in [7, 11) is 1.26. The Hall–Kier alpha value is -3.41. The van der Waals surface area contributed by atoms with Gasteiger partial charge in [-0.25, -0.2) is 0 Å². The minimum atomic E-state index is -4.13. The highest BCUT2D eigenvalue weighted by molar-refractivity contribution is 8.00. The Bertz CT molecular complexity index is 1620. The van der Waals surface area contributed by atoms with E-state index in [0.29, 0.717) is 11.1 Å². The van der Waals surface area contributed by atoms with Gasteiger partial charge in [-0.15, -0.1) is 0 Å². The molecular formula is C30H32N2O6S2. The maximum absolute atomic E-state index is 13.1. The second-order valence-corrected chi connectivity index (χ2v) is 12.1. The van der Waals surface area contributed by atoms with Crippen LogP contribution in [0.1, 0.15) is 18.9 Å². The number of anilines is 1. The van der Waals surface area contributed by atoms with Crippen molar-refractivity contribution in [2.75, 3.05) is 26.5 Å². The summed E-state index contributed by atoms with van der Waals surface area (Å²) in [6, 6.07) is 26.9. The van der Waals surface area contributed by atoms with Crippen LogP contribution in [0, 0.1) is 0 Å². The van der Waals surface area contributed by atoms with Gasteiger partial charge in [-0.2, -0.15) is 8.42 Å². The average molecular weight is 581 g/mol. The topological polar surface area (TPSA) is 116 Å². The molecule has 0 aliphatic carbocycles. The second-order valence-electron chi connectivity index (χ2n) is 9.49. The van der Waals surface area contributed by atoms with Gasteiger partial charge in [-0.1, -0.05) is 79.3 Å². The van der Waals surface area contributed by atoms with Crippen molar-refractivity contribution in [3.05, 3.63) is 96.6 Å². The lowest BCUT2D eigenvalue weighted by atomic mass is 9.83. The molecule has 0 spiro atoms. The van der Waals surface area contributed by atoms with E-state index in [-0.39, 0.29) is 11.3 Å². The third-order valence-corrected chi connectivity index (χ3v) is 9.70. The van der Waals surface area contributed by atoms with Crippen molar-refractivity contribution in [2.45, 2.75) is 33.6 Å². The number of nitrogens with one attached hydrogen (secondary N) is 1. The molecule has 1 aliphatic rings. The van der Waals surface area contributed by atoms with Crippen molar-refractivity contribution in [1.29, 1.82) is 0 Å². The smallest absolute Gasteiger partial charge is 0.295 e. The van der Waals surface area contributed by atoms with Crippen molar-refractivity contribution in [3.8, 4) is 5.75 Å². The molecule has 210 valence electrons. The molecular weight excluding hydrogens is 548 g/mol. The Morgan fingerprint density at radius 3 is 2.17 bits per heavy atom. The molecule has 5 rings (SSSR count). The summed E-state index contributed by atoms with van der Waals surface area (Å²) in [6.45, 7) is 1.83. The lowest BCUT2D eigenvalue weighted by Crippen LogP contribution is -2.62. The molecule has 3 N–H and O–H groups in total. The first-order chi connectivity index (χ1) is 19.0. The summed E-state index contributed by atoms with van der Waals surface area (Å²) >= 11 is 1.49. The summed E-state index contributed by atoms with van der Waals surface area (Å²) in [5.74, 6) is 0.327. The number of aliphatic hydroxyl groups is 1. The van der Waals surface area contributed by atoms with Crippen LogP contribution in [0.4, 0.5) is 5.69 Å². The molecule has 0 radical (unpaired) electrons. The molecule has 0 bridgehead atoms. The van der Waals surface area contributed by atoms with E-state index in [1.165, 1.54) is 17.8 Å². The highest BCUT2D eigenvalue weighted by atomic mass is 32.2. The standard InChI is InChI=1S/C20H24N2O3S.C10H8O3S/c1-5-19(24)18(23)21-16-8-6-7-9-17(16)26-20(19,22(2)3)14-10-12-15(25-4)13-11-14;11-14(12,13)10-7-3-5-8-4-1-2-6-9(8)10/h6-13,24H,5H2,1-4H3,(H,21,23);1-7H,(H,11,12,13). The van der Waals surface area contributed by atoms with Gasteiger partial charge in [-0.05, 0) is 61.8 Å². The third-order valence-electron chi connectivity index (χ3n) is 6.98. The van der Waals surface area contributed by atoms with E-state index in [4.69, 9.17) is 9.29 Å². The third kappa shape index (κ3) is 5.33. The fourth-order valence-corrected chi connectivity index (χ4v) is 7.19. The number of methoxy groups -OCH3 is 1. The number of nitrogens with zero attached hydrogens (tertiary/aromatic N) is 1. The van der Waals surface area contributed by atoms with Gasteiger partial charge in [0.2, 0.25) is 0 Å². The molecule has 10 heteroatoms. The fraction of sp³-hybridized carbons (Fsp3) is 0.233. The van der Waals surface area contributed by atoms with E-state index in [0.717, 1.165) is 21.6 Å². The number of fused-ring (bicyclic) bond motifs is 2. The van der Waals surface area contributed by atoms with Gasteiger partial charge in [-0.3, -0.25) is 14.2 Å². The van der Waals surface area contributed by atoms with Crippen LogP contribution in [0.25, 0.3) is 10.8 Å². The van der Waals surface area contributed by atoms with Gasteiger partial charge < -0.3 is 15.2 Å². The van der Waals surface area contributed by atoms with Gasteiger partial charge in [0.05, 0.1) is 12.8 Å². The fourth-order valence-electron chi connectivity index (χ4n) is 4.94. The number of hydrogen-bond donors (Lipinski definition) is 3.